The topological polar surface area (TPSA) is 31.4 Å². The number of hydrogen-bond donors (Lipinski definition) is 0. The van der Waals surface area contributed by atoms with Crippen molar-refractivity contribution in [3.8, 4) is 0 Å². The minimum Gasteiger partial charge on any atom is -0.398 e. The van der Waals surface area contributed by atoms with Crippen molar-refractivity contribution in [2.75, 3.05) is 0 Å². The van der Waals surface area contributed by atoms with E-state index in [0.29, 0.717) is 0 Å². The fraction of sp³-hybridized carbons (Fsp3) is 0.583. The van der Waals surface area contributed by atoms with Crippen molar-refractivity contribution in [3.63, 3.8) is 0 Å². The summed E-state index contributed by atoms with van der Waals surface area (Å²) >= 11 is 5.97. The van der Waals surface area contributed by atoms with Crippen LogP contribution in [0.1, 0.15) is 39.7 Å². The molecule has 1 fully saturated rings. The Morgan fingerprint density at radius 1 is 1.21 bits per heavy atom. The van der Waals surface area contributed by atoms with Crippen LogP contribution in [0.25, 0.3) is 0 Å². The van der Waals surface area contributed by atoms with E-state index in [0.717, 1.165) is 0 Å². The molecule has 0 spiro atoms. The second kappa shape index (κ2) is 4.68. The van der Waals surface area contributed by atoms with Gasteiger partial charge in [-0.3, -0.25) is 4.98 Å². The molecule has 2 rings (SSSR count). The maximum absolute atomic E-state index is 12.8. The van der Waals surface area contributed by atoms with E-state index < -0.39 is 24.7 Å². The number of rotatable bonds is 2. The maximum Gasteiger partial charge on any atom is 0.516 e. The molecule has 0 unspecified atom stereocenters. The average Bonchev–Trinajstić information content (AvgIpc) is 2.47. The Morgan fingerprint density at radius 2 is 1.74 bits per heavy atom. The van der Waals surface area contributed by atoms with Gasteiger partial charge in [-0.2, -0.15) is 0 Å². The van der Waals surface area contributed by atoms with Crippen LogP contribution in [-0.4, -0.2) is 23.3 Å². The smallest absolute Gasteiger partial charge is 0.398 e. The minimum atomic E-state index is -2.66. The lowest BCUT2D eigenvalue weighted by molar-refractivity contribution is 0.00578. The molecular formula is C12H15BClF2NO2. The van der Waals surface area contributed by atoms with Crippen LogP contribution in [0, 0.1) is 0 Å². The van der Waals surface area contributed by atoms with Gasteiger partial charge in [0.25, 0.3) is 6.43 Å². The summed E-state index contributed by atoms with van der Waals surface area (Å²) in [5.41, 5.74) is -1.20. The molecule has 1 aromatic heterocycles. The van der Waals surface area contributed by atoms with Crippen molar-refractivity contribution in [1.82, 2.24) is 4.98 Å². The van der Waals surface area contributed by atoms with Gasteiger partial charge in [0, 0.05) is 11.8 Å². The molecule has 1 aromatic rings. The van der Waals surface area contributed by atoms with Gasteiger partial charge in [0.15, 0.2) is 0 Å². The summed E-state index contributed by atoms with van der Waals surface area (Å²) in [6.07, 6.45) is -1.37. The predicted octanol–water partition coefficient (Wildman–Crippen LogP) is 2.97. The van der Waals surface area contributed by atoms with Gasteiger partial charge >= 0.3 is 7.12 Å². The summed E-state index contributed by atoms with van der Waals surface area (Å²) in [4.78, 5) is 4.02. The third-order valence-electron chi connectivity index (χ3n) is 3.66. The molecule has 0 saturated carbocycles. The van der Waals surface area contributed by atoms with Gasteiger partial charge in [-0.15, -0.1) is 0 Å². The third kappa shape index (κ3) is 2.49. The molecule has 0 aliphatic carbocycles. The highest BCUT2D eigenvalue weighted by atomic mass is 35.5. The van der Waals surface area contributed by atoms with Crippen LogP contribution < -0.4 is 5.59 Å². The van der Waals surface area contributed by atoms with Gasteiger partial charge < -0.3 is 9.31 Å². The van der Waals surface area contributed by atoms with E-state index in [2.05, 4.69) is 4.98 Å². The Hall–Kier alpha value is -0.715. The van der Waals surface area contributed by atoms with Crippen molar-refractivity contribution in [3.05, 3.63) is 22.8 Å². The molecule has 1 aliphatic rings. The second-order valence-corrected chi connectivity index (χ2v) is 5.87. The molecule has 0 aromatic carbocycles. The first-order chi connectivity index (χ1) is 8.66. The van der Waals surface area contributed by atoms with Crippen LogP contribution in [0.4, 0.5) is 8.78 Å². The van der Waals surface area contributed by atoms with Crippen LogP contribution in [0.5, 0.6) is 0 Å². The number of pyridine rings is 1. The fourth-order valence-corrected chi connectivity index (χ4v) is 2.05. The van der Waals surface area contributed by atoms with E-state index in [-0.39, 0.29) is 16.2 Å². The summed E-state index contributed by atoms with van der Waals surface area (Å²) in [5, 5.41) is -0.101. The zero-order chi connectivity index (χ0) is 14.4. The Kier molecular flexibility index (Phi) is 3.62. The molecule has 0 radical (unpaired) electrons. The standard InChI is InChI=1S/C12H15BClF2NO2/c1-11(2)12(3,4)19-13(18-11)9-8(14)7(10(15)16)5-6-17-9/h5-6,10H,1-4H3. The Morgan fingerprint density at radius 3 is 2.21 bits per heavy atom. The number of nitrogens with zero attached hydrogens (tertiary/aromatic N) is 1. The van der Waals surface area contributed by atoms with Gasteiger partial charge in [-0.1, -0.05) is 11.6 Å². The largest absolute Gasteiger partial charge is 0.516 e. The molecular weight excluding hydrogens is 274 g/mol. The quantitative estimate of drug-likeness (QED) is 0.784. The molecule has 7 heteroatoms. The lowest BCUT2D eigenvalue weighted by Crippen LogP contribution is -2.41. The van der Waals surface area contributed by atoms with Crippen LogP contribution in [-0.2, 0) is 9.31 Å². The SMILES string of the molecule is CC1(C)OB(c2nccc(C(F)F)c2Cl)OC1(C)C. The normalized spacial score (nSPS) is 21.2. The van der Waals surface area contributed by atoms with E-state index >= 15 is 0 Å². The van der Waals surface area contributed by atoms with E-state index in [1.165, 1.54) is 12.3 Å². The molecule has 0 atom stereocenters. The molecule has 19 heavy (non-hydrogen) atoms. The van der Waals surface area contributed by atoms with Crippen molar-refractivity contribution < 1.29 is 18.1 Å². The summed E-state index contributed by atoms with van der Waals surface area (Å²) in [6, 6.07) is 1.20. The van der Waals surface area contributed by atoms with Crippen LogP contribution in [0.15, 0.2) is 12.3 Å². The van der Waals surface area contributed by atoms with Gasteiger partial charge in [0.1, 0.15) is 0 Å². The Balaban J connectivity index is 2.38. The number of alkyl halides is 2. The molecule has 3 nitrogen and oxygen atoms in total. The van der Waals surface area contributed by atoms with E-state index in [1.807, 2.05) is 27.7 Å². The van der Waals surface area contributed by atoms with E-state index in [9.17, 15) is 8.78 Å². The Labute approximate surface area is 116 Å². The molecule has 2 heterocycles. The number of halogens is 3. The average molecular weight is 290 g/mol. The molecule has 104 valence electrons. The number of hydrogen-bond acceptors (Lipinski definition) is 3. The summed E-state index contributed by atoms with van der Waals surface area (Å²) in [6.45, 7) is 7.49. The molecule has 1 saturated heterocycles. The van der Waals surface area contributed by atoms with Crippen LogP contribution in [0.3, 0.4) is 0 Å². The third-order valence-corrected chi connectivity index (χ3v) is 4.07. The lowest BCUT2D eigenvalue weighted by Gasteiger charge is -2.32. The maximum atomic E-state index is 12.8. The summed E-state index contributed by atoms with van der Waals surface area (Å²) < 4.78 is 37.1. The Bertz CT molecular complexity index is 481. The highest BCUT2D eigenvalue weighted by Gasteiger charge is 2.53. The van der Waals surface area contributed by atoms with Crippen molar-refractivity contribution in [2.45, 2.75) is 45.3 Å². The van der Waals surface area contributed by atoms with Gasteiger partial charge in [0.05, 0.1) is 21.8 Å². The minimum absolute atomic E-state index is 0.101. The predicted molar refractivity (Wildman–Crippen MR) is 69.9 cm³/mol. The summed E-state index contributed by atoms with van der Waals surface area (Å²) in [5.74, 6) is 0. The lowest BCUT2D eigenvalue weighted by atomic mass is 9.83. The van der Waals surface area contributed by atoms with E-state index in [1.54, 1.807) is 0 Å². The van der Waals surface area contributed by atoms with Gasteiger partial charge in [0.2, 0.25) is 0 Å². The first-order valence-corrected chi connectivity index (χ1v) is 6.31. The fourth-order valence-electron chi connectivity index (χ4n) is 1.76. The number of aromatic nitrogens is 1. The first kappa shape index (κ1) is 14.7. The van der Waals surface area contributed by atoms with Crippen molar-refractivity contribution in [2.24, 2.45) is 0 Å². The zero-order valence-corrected chi connectivity index (χ0v) is 12.0. The molecule has 0 bridgehead atoms. The van der Waals surface area contributed by atoms with Crippen LogP contribution >= 0.6 is 11.6 Å². The highest BCUT2D eigenvalue weighted by molar-refractivity contribution is 6.64. The summed E-state index contributed by atoms with van der Waals surface area (Å²) in [7, 11) is -0.837. The second-order valence-electron chi connectivity index (χ2n) is 5.49. The first-order valence-electron chi connectivity index (χ1n) is 5.94. The highest BCUT2D eigenvalue weighted by Crippen LogP contribution is 2.37. The molecule has 0 amide bonds. The monoisotopic (exact) mass is 289 g/mol. The van der Waals surface area contributed by atoms with Crippen LogP contribution in [0.2, 0.25) is 5.02 Å². The van der Waals surface area contributed by atoms with E-state index in [4.69, 9.17) is 20.9 Å². The molecule has 1 aliphatic heterocycles. The van der Waals surface area contributed by atoms with Gasteiger partial charge in [-0.25, -0.2) is 8.78 Å². The molecule has 0 N–H and O–H groups in total. The van der Waals surface area contributed by atoms with Gasteiger partial charge in [-0.05, 0) is 33.8 Å². The van der Waals surface area contributed by atoms with Crippen molar-refractivity contribution in [1.29, 1.82) is 0 Å². The van der Waals surface area contributed by atoms with Crippen molar-refractivity contribution >= 4 is 24.3 Å². The zero-order valence-electron chi connectivity index (χ0n) is 11.2.